The molecule has 0 spiro atoms. The third-order valence-electron chi connectivity index (χ3n) is 7.26. The minimum Gasteiger partial charge on any atom is -0.491 e. The molecule has 3 aromatic rings. The van der Waals surface area contributed by atoms with Gasteiger partial charge in [0.15, 0.2) is 0 Å². The van der Waals surface area contributed by atoms with E-state index in [1.807, 2.05) is 24.3 Å². The van der Waals surface area contributed by atoms with Crippen molar-refractivity contribution >= 4 is 22.8 Å². The summed E-state index contributed by atoms with van der Waals surface area (Å²) in [6.45, 7) is 1.38. The van der Waals surface area contributed by atoms with E-state index < -0.39 is 5.97 Å². The van der Waals surface area contributed by atoms with Gasteiger partial charge in [-0.2, -0.15) is 0 Å². The third kappa shape index (κ3) is 4.52. The maximum atomic E-state index is 13.3. The number of rotatable bonds is 7. The number of amides is 1. The van der Waals surface area contributed by atoms with Crippen molar-refractivity contribution in [2.24, 2.45) is 0 Å². The van der Waals surface area contributed by atoms with Crippen LogP contribution in [0.4, 0.5) is 0 Å². The Kier molecular flexibility index (Phi) is 6.77. The lowest BCUT2D eigenvalue weighted by Gasteiger charge is -2.23. The summed E-state index contributed by atoms with van der Waals surface area (Å²) < 4.78 is 13.5. The van der Waals surface area contributed by atoms with Crippen LogP contribution in [-0.2, 0) is 16.1 Å². The predicted octanol–water partition coefficient (Wildman–Crippen LogP) is 4.92. The van der Waals surface area contributed by atoms with Gasteiger partial charge in [0.2, 0.25) is 0 Å². The molecule has 5 rings (SSSR count). The number of para-hydroxylation sites is 1. The second-order valence-electron chi connectivity index (χ2n) is 9.44. The number of hydrogen-bond acceptors (Lipinski definition) is 4. The zero-order valence-electron chi connectivity index (χ0n) is 20.2. The first kappa shape index (κ1) is 23.4. The number of hydrogen-bond donors (Lipinski definition) is 1. The lowest BCUT2D eigenvalue weighted by atomic mass is 9.81. The molecular weight excluding hydrogens is 444 g/mol. The number of aromatic nitrogens is 1. The first-order valence-electron chi connectivity index (χ1n) is 12.5. The van der Waals surface area contributed by atoms with Crippen molar-refractivity contribution in [2.75, 3.05) is 33.4 Å². The van der Waals surface area contributed by atoms with Crippen LogP contribution in [0.25, 0.3) is 22.2 Å². The van der Waals surface area contributed by atoms with Crippen molar-refractivity contribution in [3.05, 3.63) is 53.6 Å². The maximum absolute atomic E-state index is 13.3. The number of aliphatic carboxylic acids is 1. The summed E-state index contributed by atoms with van der Waals surface area (Å²) in [6, 6.07) is 14.1. The summed E-state index contributed by atoms with van der Waals surface area (Å²) in [6.07, 6.45) is 6.08. The van der Waals surface area contributed by atoms with E-state index in [0.29, 0.717) is 24.6 Å². The molecule has 0 atom stereocenters. The highest BCUT2D eigenvalue weighted by Gasteiger charge is 2.30. The van der Waals surface area contributed by atoms with Gasteiger partial charge in [-0.05, 0) is 48.6 Å². The van der Waals surface area contributed by atoms with Gasteiger partial charge in [-0.1, -0.05) is 37.5 Å². The van der Waals surface area contributed by atoms with Crippen molar-refractivity contribution in [1.82, 2.24) is 9.47 Å². The zero-order chi connectivity index (χ0) is 24.4. The molecule has 0 saturated heterocycles. The van der Waals surface area contributed by atoms with E-state index in [2.05, 4.69) is 22.8 Å². The predicted molar refractivity (Wildman–Crippen MR) is 134 cm³/mol. The van der Waals surface area contributed by atoms with Crippen LogP contribution in [0.5, 0.6) is 5.75 Å². The Balaban J connectivity index is 1.66. The number of carboxylic acid groups (broad SMARTS) is 1. The summed E-state index contributed by atoms with van der Waals surface area (Å²) in [7, 11) is 1.54. The van der Waals surface area contributed by atoms with Crippen molar-refractivity contribution in [2.45, 2.75) is 44.6 Å². The molecule has 1 saturated carbocycles. The first-order valence-corrected chi connectivity index (χ1v) is 12.5. The van der Waals surface area contributed by atoms with Crippen molar-refractivity contribution in [3.63, 3.8) is 0 Å². The quantitative estimate of drug-likeness (QED) is 0.523. The van der Waals surface area contributed by atoms with E-state index in [1.165, 1.54) is 60.8 Å². The number of benzene rings is 2. The fraction of sp³-hybridized carbons (Fsp3) is 0.429. The molecule has 2 aliphatic rings. The Morgan fingerprint density at radius 3 is 2.71 bits per heavy atom. The van der Waals surface area contributed by atoms with Crippen LogP contribution < -0.4 is 4.74 Å². The number of carbonyl (C=O) groups excluding carboxylic acids is 1. The van der Waals surface area contributed by atoms with Gasteiger partial charge in [0.05, 0.1) is 18.8 Å². The van der Waals surface area contributed by atoms with Gasteiger partial charge >= 0.3 is 5.97 Å². The monoisotopic (exact) mass is 476 g/mol. The average molecular weight is 477 g/mol. The highest BCUT2D eigenvalue weighted by atomic mass is 16.5. The summed E-state index contributed by atoms with van der Waals surface area (Å²) in [5.41, 5.74) is 5.16. The van der Waals surface area contributed by atoms with Crippen LogP contribution in [0, 0.1) is 0 Å². The molecule has 0 unspecified atom stereocenters. The second-order valence-corrected chi connectivity index (χ2v) is 9.44. The van der Waals surface area contributed by atoms with Gasteiger partial charge in [0, 0.05) is 35.7 Å². The molecule has 184 valence electrons. The van der Waals surface area contributed by atoms with Gasteiger partial charge < -0.3 is 24.0 Å². The smallest absolute Gasteiger partial charge is 0.323 e. The van der Waals surface area contributed by atoms with Crippen LogP contribution in [-0.4, -0.2) is 59.9 Å². The summed E-state index contributed by atoms with van der Waals surface area (Å²) in [5, 5.41) is 10.5. The molecule has 2 aromatic carbocycles. The Morgan fingerprint density at radius 1 is 1.14 bits per heavy atom. The molecule has 0 bridgehead atoms. The van der Waals surface area contributed by atoms with E-state index in [-0.39, 0.29) is 25.6 Å². The van der Waals surface area contributed by atoms with E-state index in [1.54, 1.807) is 0 Å². The first-order chi connectivity index (χ1) is 17.1. The standard InChI is InChI=1S/C28H32N2O5/c1-34-15-13-29(18-25(31)32)28(33)20-11-12-21-23(17-20)30-14-16-35-24-10-6-5-9-22(24)27(30)26(21)19-7-3-2-4-8-19/h5-6,9-12,17,19H,2-4,7-8,13-16,18H2,1H3,(H,31,32). The van der Waals surface area contributed by atoms with Gasteiger partial charge in [-0.25, -0.2) is 0 Å². The minimum absolute atomic E-state index is 0.223. The third-order valence-corrected chi connectivity index (χ3v) is 7.26. The molecule has 7 nitrogen and oxygen atoms in total. The molecule has 2 heterocycles. The lowest BCUT2D eigenvalue weighted by molar-refractivity contribution is -0.137. The highest BCUT2D eigenvalue weighted by molar-refractivity contribution is 6.02. The molecule has 1 N–H and O–H groups in total. The van der Waals surface area contributed by atoms with Crippen LogP contribution in [0.2, 0.25) is 0 Å². The number of fused-ring (bicyclic) bond motifs is 5. The Labute approximate surface area is 205 Å². The SMILES string of the molecule is COCCN(CC(=O)O)C(=O)c1ccc2c(C3CCCCC3)c3n(c2c1)CCOc1ccccc1-3. The van der Waals surface area contributed by atoms with Crippen molar-refractivity contribution < 1.29 is 24.2 Å². The van der Waals surface area contributed by atoms with E-state index in [4.69, 9.17) is 9.47 Å². The Morgan fingerprint density at radius 2 is 1.94 bits per heavy atom. The number of nitrogens with zero attached hydrogens (tertiary/aromatic N) is 2. The number of ether oxygens (including phenoxy) is 2. The van der Waals surface area contributed by atoms with E-state index >= 15 is 0 Å². The minimum atomic E-state index is -1.04. The highest BCUT2D eigenvalue weighted by Crippen LogP contribution is 2.47. The molecule has 0 radical (unpaired) electrons. The number of carbonyl (C=O) groups is 2. The topological polar surface area (TPSA) is 81.0 Å². The molecule has 1 aliphatic heterocycles. The zero-order valence-corrected chi connectivity index (χ0v) is 20.2. The fourth-order valence-electron chi connectivity index (χ4n) is 5.67. The van der Waals surface area contributed by atoms with Gasteiger partial charge in [-0.15, -0.1) is 0 Å². The molecule has 7 heteroatoms. The van der Waals surface area contributed by atoms with Crippen LogP contribution in [0.1, 0.15) is 53.9 Å². The second kappa shape index (κ2) is 10.1. The molecule has 1 fully saturated rings. The normalized spacial score (nSPS) is 15.7. The van der Waals surface area contributed by atoms with Crippen LogP contribution >= 0.6 is 0 Å². The Hall–Kier alpha value is -3.32. The van der Waals surface area contributed by atoms with Gasteiger partial charge in [-0.3, -0.25) is 9.59 Å². The summed E-state index contributed by atoms with van der Waals surface area (Å²) in [4.78, 5) is 26.1. The van der Waals surface area contributed by atoms with Gasteiger partial charge in [0.1, 0.15) is 18.9 Å². The maximum Gasteiger partial charge on any atom is 0.323 e. The fourth-order valence-corrected chi connectivity index (χ4v) is 5.67. The molecule has 1 aromatic heterocycles. The largest absolute Gasteiger partial charge is 0.491 e. The summed E-state index contributed by atoms with van der Waals surface area (Å²) in [5.74, 6) is 0.0295. The molecule has 1 aliphatic carbocycles. The van der Waals surface area contributed by atoms with Crippen molar-refractivity contribution in [1.29, 1.82) is 0 Å². The average Bonchev–Trinajstić information content (AvgIpc) is 3.07. The number of carboxylic acids is 1. The van der Waals surface area contributed by atoms with Crippen LogP contribution in [0.15, 0.2) is 42.5 Å². The van der Waals surface area contributed by atoms with E-state index in [0.717, 1.165) is 16.8 Å². The van der Waals surface area contributed by atoms with Crippen LogP contribution in [0.3, 0.4) is 0 Å². The molecular formula is C28H32N2O5. The van der Waals surface area contributed by atoms with Crippen molar-refractivity contribution in [3.8, 4) is 17.0 Å². The Bertz CT molecular complexity index is 1240. The lowest BCUT2D eigenvalue weighted by Crippen LogP contribution is -2.38. The molecule has 1 amide bonds. The number of methoxy groups -OCH3 is 1. The van der Waals surface area contributed by atoms with E-state index in [9.17, 15) is 14.7 Å². The summed E-state index contributed by atoms with van der Waals surface area (Å²) >= 11 is 0. The van der Waals surface area contributed by atoms with Gasteiger partial charge in [0.25, 0.3) is 5.91 Å². The molecule has 35 heavy (non-hydrogen) atoms.